The molecule has 0 bridgehead atoms. The van der Waals surface area contributed by atoms with Crippen molar-refractivity contribution in [1.29, 1.82) is 0 Å². The molecule has 1 atom stereocenters. The summed E-state index contributed by atoms with van der Waals surface area (Å²) in [4.78, 5) is 12.3. The van der Waals surface area contributed by atoms with E-state index in [-0.39, 0.29) is 11.9 Å². The molecule has 0 spiro atoms. The number of hydrogen-bond acceptors (Lipinski definition) is 3. The summed E-state index contributed by atoms with van der Waals surface area (Å²) in [6.45, 7) is 3.73. The van der Waals surface area contributed by atoms with Crippen LogP contribution < -0.4 is 11.1 Å². The molecule has 2 fully saturated rings. The van der Waals surface area contributed by atoms with Gasteiger partial charge in [-0.05, 0) is 38.5 Å². The minimum atomic E-state index is -0.613. The number of hydrogen-bond donors (Lipinski definition) is 2. The lowest BCUT2D eigenvalue weighted by Gasteiger charge is -2.35. The summed E-state index contributed by atoms with van der Waals surface area (Å²) in [5.41, 5.74) is 5.63. The lowest BCUT2D eigenvalue weighted by Crippen LogP contribution is -2.57. The molecule has 4 heteroatoms. The predicted molar refractivity (Wildman–Crippen MR) is 71.2 cm³/mol. The standard InChI is InChI=1S/C14H26N2O2/c1-11(12-5-9-18-10-6-12)16-13(17)14(15)7-3-2-4-8-14/h11-12H,2-10,15H2,1H3,(H,16,17). The molecular formula is C14H26N2O2. The van der Waals surface area contributed by atoms with Gasteiger partial charge in [-0.3, -0.25) is 4.79 Å². The highest BCUT2D eigenvalue weighted by Gasteiger charge is 2.36. The van der Waals surface area contributed by atoms with Crippen LogP contribution in [0.15, 0.2) is 0 Å². The molecule has 18 heavy (non-hydrogen) atoms. The van der Waals surface area contributed by atoms with E-state index in [0.29, 0.717) is 5.92 Å². The van der Waals surface area contributed by atoms with Crippen LogP contribution in [0.1, 0.15) is 51.9 Å². The molecule has 1 heterocycles. The SMILES string of the molecule is CC(NC(=O)C1(N)CCCCC1)C1CCOCC1. The van der Waals surface area contributed by atoms with Crippen LogP contribution in [0, 0.1) is 5.92 Å². The van der Waals surface area contributed by atoms with E-state index >= 15 is 0 Å². The Morgan fingerprint density at radius 2 is 1.89 bits per heavy atom. The number of carbonyl (C=O) groups excluding carboxylic acids is 1. The van der Waals surface area contributed by atoms with Crippen molar-refractivity contribution in [2.75, 3.05) is 13.2 Å². The normalized spacial score (nSPS) is 26.6. The van der Waals surface area contributed by atoms with Gasteiger partial charge in [0, 0.05) is 19.3 Å². The van der Waals surface area contributed by atoms with Crippen LogP contribution in [-0.4, -0.2) is 30.7 Å². The average Bonchev–Trinajstić information content (AvgIpc) is 2.40. The van der Waals surface area contributed by atoms with E-state index in [2.05, 4.69) is 12.2 Å². The van der Waals surface area contributed by atoms with Crippen molar-refractivity contribution in [1.82, 2.24) is 5.32 Å². The summed E-state index contributed by atoms with van der Waals surface area (Å²) in [6.07, 6.45) is 7.11. The molecule has 3 N–H and O–H groups in total. The molecular weight excluding hydrogens is 228 g/mol. The first kappa shape index (κ1) is 13.8. The Balaban J connectivity index is 1.85. The summed E-state index contributed by atoms with van der Waals surface area (Å²) in [6, 6.07) is 0.212. The zero-order valence-electron chi connectivity index (χ0n) is 11.4. The zero-order chi connectivity index (χ0) is 13.0. The van der Waals surface area contributed by atoms with E-state index in [4.69, 9.17) is 10.5 Å². The van der Waals surface area contributed by atoms with Crippen molar-refractivity contribution in [3.05, 3.63) is 0 Å². The van der Waals surface area contributed by atoms with Gasteiger partial charge in [0.05, 0.1) is 5.54 Å². The topological polar surface area (TPSA) is 64.4 Å². The van der Waals surface area contributed by atoms with Crippen molar-refractivity contribution in [2.45, 2.75) is 63.5 Å². The van der Waals surface area contributed by atoms with Gasteiger partial charge in [-0.1, -0.05) is 19.3 Å². The Labute approximate surface area is 110 Å². The number of carbonyl (C=O) groups is 1. The van der Waals surface area contributed by atoms with Crippen molar-refractivity contribution < 1.29 is 9.53 Å². The lowest BCUT2D eigenvalue weighted by molar-refractivity contribution is -0.128. The Morgan fingerprint density at radius 3 is 2.50 bits per heavy atom. The maximum Gasteiger partial charge on any atom is 0.240 e. The summed E-state index contributed by atoms with van der Waals surface area (Å²) in [7, 11) is 0. The van der Waals surface area contributed by atoms with E-state index in [1.807, 2.05) is 0 Å². The van der Waals surface area contributed by atoms with Gasteiger partial charge in [-0.2, -0.15) is 0 Å². The molecule has 2 aliphatic rings. The third kappa shape index (κ3) is 3.23. The van der Waals surface area contributed by atoms with E-state index < -0.39 is 5.54 Å². The van der Waals surface area contributed by atoms with Gasteiger partial charge in [0.15, 0.2) is 0 Å². The molecule has 1 aliphatic carbocycles. The molecule has 1 unspecified atom stereocenters. The molecule has 104 valence electrons. The number of amides is 1. The molecule has 0 radical (unpaired) electrons. The van der Waals surface area contributed by atoms with Crippen LogP contribution in [0.3, 0.4) is 0 Å². The van der Waals surface area contributed by atoms with E-state index in [9.17, 15) is 4.79 Å². The maximum absolute atomic E-state index is 12.3. The van der Waals surface area contributed by atoms with Gasteiger partial charge < -0.3 is 15.8 Å². The first-order valence-corrected chi connectivity index (χ1v) is 7.29. The molecule has 0 aromatic heterocycles. The summed E-state index contributed by atoms with van der Waals surface area (Å²) in [5, 5.41) is 3.14. The van der Waals surface area contributed by atoms with E-state index in [1.165, 1.54) is 6.42 Å². The second kappa shape index (κ2) is 6.02. The fourth-order valence-electron chi connectivity index (χ4n) is 3.09. The highest BCUT2D eigenvalue weighted by Crippen LogP contribution is 2.27. The highest BCUT2D eigenvalue weighted by atomic mass is 16.5. The number of nitrogens with one attached hydrogen (secondary N) is 1. The van der Waals surface area contributed by atoms with Crippen LogP contribution in [0.5, 0.6) is 0 Å². The minimum absolute atomic E-state index is 0.0567. The zero-order valence-corrected chi connectivity index (χ0v) is 11.4. The van der Waals surface area contributed by atoms with Crippen LogP contribution in [0.4, 0.5) is 0 Å². The van der Waals surface area contributed by atoms with Crippen LogP contribution in [-0.2, 0) is 9.53 Å². The van der Waals surface area contributed by atoms with Gasteiger partial charge in [0.1, 0.15) is 0 Å². The van der Waals surface area contributed by atoms with Crippen molar-refractivity contribution in [3.8, 4) is 0 Å². The maximum atomic E-state index is 12.3. The largest absolute Gasteiger partial charge is 0.381 e. The Kier molecular flexibility index (Phi) is 4.62. The molecule has 2 rings (SSSR count). The van der Waals surface area contributed by atoms with Crippen LogP contribution in [0.2, 0.25) is 0 Å². The molecule has 0 aromatic carbocycles. The van der Waals surface area contributed by atoms with Crippen molar-refractivity contribution >= 4 is 5.91 Å². The number of nitrogens with two attached hydrogens (primary N) is 1. The summed E-state index contributed by atoms with van der Waals surface area (Å²) >= 11 is 0. The third-order valence-corrected chi connectivity index (χ3v) is 4.53. The first-order chi connectivity index (χ1) is 8.62. The molecule has 1 amide bonds. The molecule has 1 aliphatic heterocycles. The second-order valence-corrected chi connectivity index (χ2v) is 5.93. The molecule has 4 nitrogen and oxygen atoms in total. The van der Waals surface area contributed by atoms with Crippen LogP contribution >= 0.6 is 0 Å². The fourth-order valence-corrected chi connectivity index (χ4v) is 3.09. The van der Waals surface area contributed by atoms with Gasteiger partial charge in [0.25, 0.3) is 0 Å². The van der Waals surface area contributed by atoms with Gasteiger partial charge in [-0.25, -0.2) is 0 Å². The Hall–Kier alpha value is -0.610. The van der Waals surface area contributed by atoms with Gasteiger partial charge >= 0.3 is 0 Å². The van der Waals surface area contributed by atoms with Gasteiger partial charge in [-0.15, -0.1) is 0 Å². The second-order valence-electron chi connectivity index (χ2n) is 5.93. The van der Waals surface area contributed by atoms with Crippen molar-refractivity contribution in [3.63, 3.8) is 0 Å². The summed E-state index contributed by atoms with van der Waals surface area (Å²) < 4.78 is 5.35. The minimum Gasteiger partial charge on any atom is -0.381 e. The quantitative estimate of drug-likeness (QED) is 0.803. The van der Waals surface area contributed by atoms with E-state index in [1.54, 1.807) is 0 Å². The van der Waals surface area contributed by atoms with E-state index in [0.717, 1.165) is 51.7 Å². The lowest BCUT2D eigenvalue weighted by atomic mass is 9.81. The number of ether oxygens (including phenoxy) is 1. The predicted octanol–water partition coefficient (Wildman–Crippen LogP) is 1.58. The van der Waals surface area contributed by atoms with Gasteiger partial charge in [0.2, 0.25) is 5.91 Å². The Bertz CT molecular complexity index is 282. The highest BCUT2D eigenvalue weighted by molar-refractivity contribution is 5.86. The fraction of sp³-hybridized carbons (Fsp3) is 0.929. The third-order valence-electron chi connectivity index (χ3n) is 4.53. The van der Waals surface area contributed by atoms with Crippen molar-refractivity contribution in [2.24, 2.45) is 11.7 Å². The molecule has 1 saturated heterocycles. The average molecular weight is 254 g/mol. The summed E-state index contributed by atoms with van der Waals surface area (Å²) in [5.74, 6) is 0.594. The molecule has 1 saturated carbocycles. The molecule has 0 aromatic rings. The number of rotatable bonds is 3. The monoisotopic (exact) mass is 254 g/mol. The van der Waals surface area contributed by atoms with Crippen LogP contribution in [0.25, 0.3) is 0 Å². The Morgan fingerprint density at radius 1 is 1.28 bits per heavy atom. The first-order valence-electron chi connectivity index (χ1n) is 7.29. The smallest absolute Gasteiger partial charge is 0.240 e.